The maximum Gasteiger partial charge on any atom is 0.151 e. The summed E-state index contributed by atoms with van der Waals surface area (Å²) in [5.41, 5.74) is 0.274. The van der Waals surface area contributed by atoms with Crippen LogP contribution in [-0.2, 0) is 13.0 Å². The van der Waals surface area contributed by atoms with Gasteiger partial charge in [-0.3, -0.25) is 4.90 Å². The summed E-state index contributed by atoms with van der Waals surface area (Å²) in [6.07, 6.45) is 4.02. The highest BCUT2D eigenvalue weighted by Crippen LogP contribution is 2.38. The highest BCUT2D eigenvalue weighted by molar-refractivity contribution is 6.30. The molecule has 21 heavy (non-hydrogen) atoms. The molecule has 0 amide bonds. The topological polar surface area (TPSA) is 52.1 Å². The number of hydrogen-bond acceptors (Lipinski definition) is 3. The van der Waals surface area contributed by atoms with Crippen molar-refractivity contribution in [3.05, 3.63) is 16.7 Å². The van der Waals surface area contributed by atoms with Crippen LogP contribution in [0.15, 0.2) is 0 Å². The summed E-state index contributed by atoms with van der Waals surface area (Å²) in [6, 6.07) is 0. The summed E-state index contributed by atoms with van der Waals surface area (Å²) < 4.78 is 0. The van der Waals surface area contributed by atoms with Crippen molar-refractivity contribution >= 4 is 11.6 Å². The van der Waals surface area contributed by atoms with Crippen molar-refractivity contribution in [3.8, 4) is 0 Å². The third-order valence-corrected chi connectivity index (χ3v) is 5.23. The van der Waals surface area contributed by atoms with Gasteiger partial charge in [0.25, 0.3) is 0 Å². The van der Waals surface area contributed by atoms with E-state index in [0.717, 1.165) is 56.8 Å². The molecule has 0 bridgehead atoms. The molecule has 1 aliphatic rings. The van der Waals surface area contributed by atoms with Gasteiger partial charge in [0.05, 0.1) is 11.3 Å². The Morgan fingerprint density at radius 3 is 2.71 bits per heavy atom. The quantitative estimate of drug-likeness (QED) is 0.876. The van der Waals surface area contributed by atoms with E-state index in [1.807, 2.05) is 6.92 Å². The average molecular weight is 314 g/mol. The Hall–Kier alpha value is -0.580. The fourth-order valence-corrected chi connectivity index (χ4v) is 3.10. The molecule has 2 rings (SSSR count). The molecule has 0 spiro atoms. The molecule has 120 valence electrons. The highest BCUT2D eigenvalue weighted by atomic mass is 35.5. The maximum atomic E-state index is 10.5. The molecule has 0 aromatic carbocycles. The number of rotatable bonds is 5. The molecule has 0 radical (unpaired) electrons. The van der Waals surface area contributed by atoms with Gasteiger partial charge in [-0.15, -0.1) is 0 Å². The zero-order chi connectivity index (χ0) is 15.7. The van der Waals surface area contributed by atoms with Gasteiger partial charge in [-0.05, 0) is 19.8 Å². The molecule has 2 N–H and O–H groups in total. The lowest BCUT2D eigenvalue weighted by atomic mass is 9.71. The predicted molar refractivity (Wildman–Crippen MR) is 86.5 cm³/mol. The van der Waals surface area contributed by atoms with Gasteiger partial charge in [0, 0.05) is 31.5 Å². The minimum Gasteiger partial charge on any atom is -0.390 e. The second-order valence-electron chi connectivity index (χ2n) is 7.17. The fraction of sp³-hybridized carbons (Fsp3) is 0.812. The second kappa shape index (κ2) is 6.27. The number of hydrogen-bond donors (Lipinski definition) is 2. The number of aliphatic hydroxyl groups is 1. The Kier molecular flexibility index (Phi) is 5.01. The minimum atomic E-state index is -0.604. The lowest BCUT2D eigenvalue weighted by Crippen LogP contribution is -2.55. The van der Waals surface area contributed by atoms with Gasteiger partial charge in [-0.1, -0.05) is 38.8 Å². The first-order valence-electron chi connectivity index (χ1n) is 7.93. The van der Waals surface area contributed by atoms with Gasteiger partial charge in [0.15, 0.2) is 5.15 Å². The Labute approximate surface area is 132 Å². The van der Waals surface area contributed by atoms with E-state index in [-0.39, 0.29) is 5.41 Å². The number of aromatic nitrogens is 2. The van der Waals surface area contributed by atoms with Crippen LogP contribution in [0.4, 0.5) is 0 Å². The summed E-state index contributed by atoms with van der Waals surface area (Å²) in [7, 11) is 0. The van der Waals surface area contributed by atoms with Gasteiger partial charge < -0.3 is 10.1 Å². The number of likely N-dealkylation sites (tertiary alicyclic amines) is 1. The maximum absolute atomic E-state index is 10.5. The normalized spacial score (nSPS) is 26.2. The van der Waals surface area contributed by atoms with Crippen molar-refractivity contribution in [3.63, 3.8) is 0 Å². The zero-order valence-electron chi connectivity index (χ0n) is 13.7. The number of piperidine rings is 1. The third-order valence-electron chi connectivity index (χ3n) is 4.92. The number of nitrogens with one attached hydrogen (secondary N) is 1. The monoisotopic (exact) mass is 313 g/mol. The van der Waals surface area contributed by atoms with Gasteiger partial charge in [-0.2, -0.15) is 0 Å². The summed E-state index contributed by atoms with van der Waals surface area (Å²) >= 11 is 6.25. The van der Waals surface area contributed by atoms with E-state index in [2.05, 4.69) is 35.6 Å². The van der Waals surface area contributed by atoms with Gasteiger partial charge in [0.2, 0.25) is 0 Å². The third kappa shape index (κ3) is 3.79. The molecular formula is C16H28ClN3O. The van der Waals surface area contributed by atoms with Gasteiger partial charge in [0.1, 0.15) is 5.82 Å². The standard InChI is InChI=1S/C16H28ClN3O/c1-5-6-7-13-18-12(14(17)19-13)10-20-9-8-16(4,21)15(2,3)11-20/h21H,5-11H2,1-4H3,(H,18,19)/t16-/m1/s1. The lowest BCUT2D eigenvalue weighted by molar-refractivity contribution is -0.107. The molecule has 2 heterocycles. The van der Waals surface area contributed by atoms with Crippen LogP contribution in [0, 0.1) is 5.41 Å². The van der Waals surface area contributed by atoms with Crippen molar-refractivity contribution in [2.45, 2.75) is 65.5 Å². The molecule has 0 unspecified atom stereocenters. The number of imidazole rings is 1. The van der Waals surface area contributed by atoms with Crippen LogP contribution in [0.1, 0.15) is 58.5 Å². The molecule has 1 aromatic heterocycles. The molecule has 0 saturated carbocycles. The molecule has 1 aromatic rings. The Bertz CT molecular complexity index is 482. The SMILES string of the molecule is CCCCc1nc(Cl)c(CN2CC[C@@](C)(O)C(C)(C)C2)[nH]1. The number of aryl methyl sites for hydroxylation is 1. The largest absolute Gasteiger partial charge is 0.390 e. The van der Waals surface area contributed by atoms with Crippen molar-refractivity contribution in [1.82, 2.24) is 14.9 Å². The number of aromatic amines is 1. The van der Waals surface area contributed by atoms with E-state index in [1.165, 1.54) is 0 Å². The van der Waals surface area contributed by atoms with E-state index in [0.29, 0.717) is 5.15 Å². The van der Waals surface area contributed by atoms with Crippen LogP contribution in [0.2, 0.25) is 5.15 Å². The summed E-state index contributed by atoms with van der Waals surface area (Å²) in [6.45, 7) is 10.9. The second-order valence-corrected chi connectivity index (χ2v) is 7.53. The van der Waals surface area contributed by atoms with Gasteiger partial charge in [-0.25, -0.2) is 4.98 Å². The molecular weight excluding hydrogens is 286 g/mol. The predicted octanol–water partition coefficient (Wildman–Crippen LogP) is 3.39. The summed E-state index contributed by atoms with van der Waals surface area (Å²) in [5, 5.41) is 11.1. The highest BCUT2D eigenvalue weighted by Gasteiger charge is 2.43. The van der Waals surface area contributed by atoms with Crippen LogP contribution >= 0.6 is 11.6 Å². The van der Waals surface area contributed by atoms with Crippen LogP contribution in [0.3, 0.4) is 0 Å². The smallest absolute Gasteiger partial charge is 0.151 e. The first-order valence-corrected chi connectivity index (χ1v) is 8.31. The van der Waals surface area contributed by atoms with Crippen LogP contribution in [-0.4, -0.2) is 38.7 Å². The molecule has 1 atom stereocenters. The van der Waals surface area contributed by atoms with Crippen LogP contribution in [0.5, 0.6) is 0 Å². The van der Waals surface area contributed by atoms with E-state index in [9.17, 15) is 5.11 Å². The van der Waals surface area contributed by atoms with Crippen molar-refractivity contribution in [2.75, 3.05) is 13.1 Å². The lowest BCUT2D eigenvalue weighted by Gasteiger charge is -2.48. The summed E-state index contributed by atoms with van der Waals surface area (Å²) in [4.78, 5) is 10.1. The van der Waals surface area contributed by atoms with Crippen molar-refractivity contribution < 1.29 is 5.11 Å². The first kappa shape index (κ1) is 16.8. The number of halogens is 1. The molecule has 5 heteroatoms. The van der Waals surface area contributed by atoms with Crippen molar-refractivity contribution in [1.29, 1.82) is 0 Å². The Morgan fingerprint density at radius 2 is 2.10 bits per heavy atom. The molecule has 1 saturated heterocycles. The minimum absolute atomic E-state index is 0.122. The average Bonchev–Trinajstić information content (AvgIpc) is 2.72. The number of unbranched alkanes of at least 4 members (excludes halogenated alkanes) is 1. The van der Waals surface area contributed by atoms with Gasteiger partial charge >= 0.3 is 0 Å². The van der Waals surface area contributed by atoms with E-state index in [4.69, 9.17) is 11.6 Å². The van der Waals surface area contributed by atoms with Crippen molar-refractivity contribution in [2.24, 2.45) is 5.41 Å². The number of nitrogens with zero attached hydrogens (tertiary/aromatic N) is 2. The van der Waals surface area contributed by atoms with Crippen LogP contribution < -0.4 is 0 Å². The molecule has 4 nitrogen and oxygen atoms in total. The molecule has 0 aliphatic carbocycles. The van der Waals surface area contributed by atoms with E-state index in [1.54, 1.807) is 0 Å². The Balaban J connectivity index is 2.01. The summed E-state index contributed by atoms with van der Waals surface area (Å²) in [5.74, 6) is 0.986. The first-order chi connectivity index (χ1) is 9.75. The van der Waals surface area contributed by atoms with Crippen LogP contribution in [0.25, 0.3) is 0 Å². The fourth-order valence-electron chi connectivity index (χ4n) is 2.89. The molecule has 1 aliphatic heterocycles. The molecule has 1 fully saturated rings. The number of H-pyrrole nitrogens is 1. The zero-order valence-corrected chi connectivity index (χ0v) is 14.4. The van der Waals surface area contributed by atoms with E-state index >= 15 is 0 Å². The van der Waals surface area contributed by atoms with E-state index < -0.39 is 5.60 Å². The Morgan fingerprint density at radius 1 is 1.38 bits per heavy atom.